The van der Waals surface area contributed by atoms with Crippen LogP contribution in [-0.2, 0) is 0 Å². The molecule has 0 saturated heterocycles. The molecule has 0 radical (unpaired) electrons. The molecule has 12 heavy (non-hydrogen) atoms. The van der Waals surface area contributed by atoms with Gasteiger partial charge < -0.3 is 0 Å². The van der Waals surface area contributed by atoms with Crippen molar-refractivity contribution in [1.29, 1.82) is 0 Å². The summed E-state index contributed by atoms with van der Waals surface area (Å²) in [5.41, 5.74) is 0.547. The normalized spacial score (nSPS) is 15.2. The fraction of sp³-hybridized carbons (Fsp3) is 1.00. The summed E-state index contributed by atoms with van der Waals surface area (Å²) in [5.74, 6) is 1.76. The van der Waals surface area contributed by atoms with Gasteiger partial charge in [0.25, 0.3) is 0 Å². The minimum atomic E-state index is 0.547. The summed E-state index contributed by atoms with van der Waals surface area (Å²) in [5, 5.41) is 0. The third-order valence-electron chi connectivity index (χ3n) is 3.24. The maximum Gasteiger partial charge on any atom is -0.0354 e. The first-order chi connectivity index (χ1) is 5.43. The van der Waals surface area contributed by atoms with Gasteiger partial charge in [-0.1, -0.05) is 54.4 Å². The van der Waals surface area contributed by atoms with E-state index in [0.717, 1.165) is 11.8 Å². The summed E-state index contributed by atoms with van der Waals surface area (Å²) in [7, 11) is 0. The second-order valence-electron chi connectivity index (χ2n) is 5.13. The van der Waals surface area contributed by atoms with E-state index in [1.54, 1.807) is 0 Å². The fourth-order valence-corrected chi connectivity index (χ4v) is 1.71. The lowest BCUT2D eigenvalue weighted by atomic mass is 9.76. The highest BCUT2D eigenvalue weighted by molar-refractivity contribution is 4.73. The van der Waals surface area contributed by atoms with Crippen LogP contribution >= 0.6 is 0 Å². The molecule has 0 aliphatic heterocycles. The summed E-state index contributed by atoms with van der Waals surface area (Å²) in [6, 6.07) is 0. The number of hydrogen-bond acceptors (Lipinski definition) is 0. The molecule has 0 aliphatic carbocycles. The first-order valence-electron chi connectivity index (χ1n) is 5.43. The third kappa shape index (κ3) is 4.13. The molecule has 0 fully saturated rings. The third-order valence-corrected chi connectivity index (χ3v) is 3.24. The Morgan fingerprint density at radius 2 is 1.58 bits per heavy atom. The summed E-state index contributed by atoms with van der Waals surface area (Å²) in [4.78, 5) is 0. The van der Waals surface area contributed by atoms with E-state index in [4.69, 9.17) is 0 Å². The molecule has 0 aromatic carbocycles. The molecule has 74 valence electrons. The molecule has 0 nitrogen and oxygen atoms in total. The Hall–Kier alpha value is 0. The fourth-order valence-electron chi connectivity index (χ4n) is 1.71. The van der Waals surface area contributed by atoms with Crippen molar-refractivity contribution in [3.8, 4) is 0 Å². The van der Waals surface area contributed by atoms with E-state index < -0.39 is 0 Å². The van der Waals surface area contributed by atoms with E-state index in [9.17, 15) is 0 Å². The van der Waals surface area contributed by atoms with Crippen molar-refractivity contribution in [1.82, 2.24) is 0 Å². The largest absolute Gasteiger partial charge is 0.0651 e. The second kappa shape index (κ2) is 4.89. The van der Waals surface area contributed by atoms with Crippen LogP contribution in [0.4, 0.5) is 0 Å². The monoisotopic (exact) mass is 170 g/mol. The molecular formula is C12H26. The average molecular weight is 170 g/mol. The van der Waals surface area contributed by atoms with Crippen LogP contribution in [0.1, 0.15) is 60.8 Å². The summed E-state index contributed by atoms with van der Waals surface area (Å²) in [6.07, 6.45) is 4.02. The van der Waals surface area contributed by atoms with E-state index in [1.807, 2.05) is 0 Å². The molecule has 0 N–H and O–H groups in total. The van der Waals surface area contributed by atoms with Gasteiger partial charge in [0, 0.05) is 0 Å². The lowest BCUT2D eigenvalue weighted by molar-refractivity contribution is 0.212. The smallest absolute Gasteiger partial charge is 0.0354 e. The van der Waals surface area contributed by atoms with E-state index in [-0.39, 0.29) is 0 Å². The maximum atomic E-state index is 2.39. The highest BCUT2D eigenvalue weighted by Crippen LogP contribution is 2.33. The van der Waals surface area contributed by atoms with Crippen molar-refractivity contribution in [2.75, 3.05) is 0 Å². The van der Waals surface area contributed by atoms with Crippen molar-refractivity contribution >= 4 is 0 Å². The molecule has 0 heterocycles. The zero-order chi connectivity index (χ0) is 9.78. The van der Waals surface area contributed by atoms with Crippen LogP contribution in [0.25, 0.3) is 0 Å². The van der Waals surface area contributed by atoms with Crippen LogP contribution in [0.15, 0.2) is 0 Å². The van der Waals surface area contributed by atoms with Gasteiger partial charge in [0.2, 0.25) is 0 Å². The van der Waals surface area contributed by atoms with Crippen molar-refractivity contribution in [2.24, 2.45) is 17.3 Å². The van der Waals surface area contributed by atoms with Crippen LogP contribution in [0, 0.1) is 17.3 Å². The van der Waals surface area contributed by atoms with E-state index in [2.05, 4.69) is 41.5 Å². The van der Waals surface area contributed by atoms with Gasteiger partial charge in [-0.25, -0.2) is 0 Å². The number of rotatable bonds is 5. The van der Waals surface area contributed by atoms with Crippen LogP contribution < -0.4 is 0 Å². The van der Waals surface area contributed by atoms with Gasteiger partial charge in [0.05, 0.1) is 0 Å². The molecule has 0 aromatic rings. The predicted octanol–water partition coefficient (Wildman–Crippen LogP) is 4.49. The van der Waals surface area contributed by atoms with Crippen molar-refractivity contribution in [2.45, 2.75) is 60.8 Å². The van der Waals surface area contributed by atoms with Crippen molar-refractivity contribution in [3.05, 3.63) is 0 Å². The molecule has 0 heteroatoms. The molecule has 0 saturated carbocycles. The Kier molecular flexibility index (Phi) is 4.89. The zero-order valence-corrected chi connectivity index (χ0v) is 9.78. The van der Waals surface area contributed by atoms with Gasteiger partial charge in [-0.05, 0) is 23.7 Å². The van der Waals surface area contributed by atoms with Gasteiger partial charge in [0.1, 0.15) is 0 Å². The molecule has 0 aliphatic rings. The first-order valence-corrected chi connectivity index (χ1v) is 5.43. The van der Waals surface area contributed by atoms with Gasteiger partial charge in [-0.3, -0.25) is 0 Å². The van der Waals surface area contributed by atoms with E-state index in [1.165, 1.54) is 19.3 Å². The summed E-state index contributed by atoms with van der Waals surface area (Å²) < 4.78 is 0. The standard InChI is InChI=1S/C12H26/c1-7-11(10(3)4)9-12(5,6)8-2/h10-11H,7-9H2,1-6H3. The van der Waals surface area contributed by atoms with Gasteiger partial charge in [0.15, 0.2) is 0 Å². The van der Waals surface area contributed by atoms with Crippen LogP contribution in [-0.4, -0.2) is 0 Å². The lowest BCUT2D eigenvalue weighted by Gasteiger charge is -2.30. The van der Waals surface area contributed by atoms with Crippen LogP contribution in [0.2, 0.25) is 0 Å². The Morgan fingerprint density at radius 3 is 1.83 bits per heavy atom. The molecule has 0 amide bonds. The Balaban J connectivity index is 4.01. The van der Waals surface area contributed by atoms with Crippen LogP contribution in [0.5, 0.6) is 0 Å². The van der Waals surface area contributed by atoms with Gasteiger partial charge >= 0.3 is 0 Å². The van der Waals surface area contributed by atoms with Crippen molar-refractivity contribution in [3.63, 3.8) is 0 Å². The maximum absolute atomic E-state index is 2.39. The van der Waals surface area contributed by atoms with Crippen LogP contribution in [0.3, 0.4) is 0 Å². The minimum Gasteiger partial charge on any atom is -0.0651 e. The van der Waals surface area contributed by atoms with E-state index >= 15 is 0 Å². The molecule has 0 bridgehead atoms. The molecular weight excluding hydrogens is 144 g/mol. The topological polar surface area (TPSA) is 0 Å². The highest BCUT2D eigenvalue weighted by Gasteiger charge is 2.22. The first kappa shape index (κ1) is 12.0. The van der Waals surface area contributed by atoms with Gasteiger partial charge in [-0.2, -0.15) is 0 Å². The molecule has 0 aromatic heterocycles. The molecule has 1 atom stereocenters. The average Bonchev–Trinajstić information content (AvgIpc) is 2.00. The van der Waals surface area contributed by atoms with E-state index in [0.29, 0.717) is 5.41 Å². The summed E-state index contributed by atoms with van der Waals surface area (Å²) in [6.45, 7) is 14.1. The Labute approximate surface area is 78.8 Å². The SMILES string of the molecule is CCC(CC(C)(C)CC)C(C)C. The number of hydrogen-bond donors (Lipinski definition) is 0. The highest BCUT2D eigenvalue weighted by atomic mass is 14.3. The zero-order valence-electron chi connectivity index (χ0n) is 9.78. The lowest BCUT2D eigenvalue weighted by Crippen LogP contribution is -2.19. The molecule has 1 unspecified atom stereocenters. The Bertz CT molecular complexity index is 111. The second-order valence-corrected chi connectivity index (χ2v) is 5.13. The quantitative estimate of drug-likeness (QED) is 0.570. The summed E-state index contributed by atoms with van der Waals surface area (Å²) >= 11 is 0. The minimum absolute atomic E-state index is 0.547. The predicted molar refractivity (Wildman–Crippen MR) is 57.3 cm³/mol. The van der Waals surface area contributed by atoms with Gasteiger partial charge in [-0.15, -0.1) is 0 Å². The molecule has 0 rings (SSSR count). The Morgan fingerprint density at radius 1 is 1.08 bits per heavy atom. The molecule has 0 spiro atoms. The van der Waals surface area contributed by atoms with Crippen molar-refractivity contribution < 1.29 is 0 Å².